The van der Waals surface area contributed by atoms with Gasteiger partial charge in [0, 0.05) is 25.7 Å². The van der Waals surface area contributed by atoms with Crippen LogP contribution in [0.25, 0.3) is 0 Å². The lowest BCUT2D eigenvalue weighted by molar-refractivity contribution is 0.0661. The fourth-order valence-corrected chi connectivity index (χ4v) is 2.82. The van der Waals surface area contributed by atoms with Crippen molar-refractivity contribution in [3.8, 4) is 0 Å². The summed E-state index contributed by atoms with van der Waals surface area (Å²) < 4.78 is 5.18. The van der Waals surface area contributed by atoms with Gasteiger partial charge < -0.3 is 9.42 Å². The lowest BCUT2D eigenvalue weighted by Crippen LogP contribution is -2.41. The summed E-state index contributed by atoms with van der Waals surface area (Å²) in [5.41, 5.74) is 0.460. The Morgan fingerprint density at radius 1 is 1.36 bits per heavy atom. The average molecular weight is 301 g/mol. The Labute approximate surface area is 128 Å². The zero-order valence-electron chi connectivity index (χ0n) is 12.8. The monoisotopic (exact) mass is 301 g/mol. The fraction of sp³-hybridized carbons (Fsp3) is 0.533. The lowest BCUT2D eigenvalue weighted by atomic mass is 9.94. The Balaban J connectivity index is 1.66. The van der Waals surface area contributed by atoms with E-state index in [1.54, 1.807) is 26.1 Å². The molecule has 1 unspecified atom stereocenters. The van der Waals surface area contributed by atoms with E-state index >= 15 is 0 Å². The molecule has 2 aromatic heterocycles. The molecule has 0 spiro atoms. The van der Waals surface area contributed by atoms with Crippen LogP contribution in [-0.2, 0) is 6.42 Å². The maximum absolute atomic E-state index is 12.5. The van der Waals surface area contributed by atoms with E-state index in [1.807, 2.05) is 4.90 Å². The van der Waals surface area contributed by atoms with Crippen LogP contribution in [0.3, 0.4) is 0 Å². The molecule has 0 aromatic carbocycles. The number of piperidine rings is 1. The molecule has 0 radical (unpaired) electrons. The molecule has 0 aliphatic carbocycles. The van der Waals surface area contributed by atoms with Gasteiger partial charge in [0.05, 0.1) is 0 Å². The minimum absolute atomic E-state index is 0.0306. The third-order valence-electron chi connectivity index (χ3n) is 3.83. The van der Waals surface area contributed by atoms with Crippen molar-refractivity contribution in [1.82, 2.24) is 25.0 Å². The topological polar surface area (TPSA) is 85.0 Å². The molecule has 7 heteroatoms. The second-order valence-corrected chi connectivity index (χ2v) is 5.69. The van der Waals surface area contributed by atoms with Crippen molar-refractivity contribution in [3.63, 3.8) is 0 Å². The molecule has 1 saturated heterocycles. The predicted molar refractivity (Wildman–Crippen MR) is 78.1 cm³/mol. The zero-order valence-corrected chi connectivity index (χ0v) is 12.8. The average Bonchev–Trinajstić information content (AvgIpc) is 2.92. The van der Waals surface area contributed by atoms with Gasteiger partial charge in [0.15, 0.2) is 5.82 Å². The minimum atomic E-state index is -0.0306. The first-order chi connectivity index (χ1) is 10.6. The summed E-state index contributed by atoms with van der Waals surface area (Å²) in [6.45, 7) is 5.05. The first-order valence-corrected chi connectivity index (χ1v) is 7.50. The minimum Gasteiger partial charge on any atom is -0.339 e. The third-order valence-corrected chi connectivity index (χ3v) is 3.83. The summed E-state index contributed by atoms with van der Waals surface area (Å²) in [6, 6.07) is 1.67. The van der Waals surface area contributed by atoms with Gasteiger partial charge in [0.2, 0.25) is 5.89 Å². The number of amides is 1. The number of carbonyl (C=O) groups is 1. The van der Waals surface area contributed by atoms with Crippen LogP contribution in [-0.4, -0.2) is 44.0 Å². The maximum atomic E-state index is 12.5. The molecule has 1 fully saturated rings. The molecule has 3 rings (SSSR count). The Hall–Kier alpha value is -2.31. The number of aromatic nitrogens is 4. The number of hydrogen-bond acceptors (Lipinski definition) is 6. The summed E-state index contributed by atoms with van der Waals surface area (Å²) >= 11 is 0. The van der Waals surface area contributed by atoms with E-state index in [-0.39, 0.29) is 5.91 Å². The van der Waals surface area contributed by atoms with E-state index in [1.165, 1.54) is 0 Å². The highest BCUT2D eigenvalue weighted by Gasteiger charge is 2.26. The second kappa shape index (κ2) is 6.21. The van der Waals surface area contributed by atoms with E-state index < -0.39 is 0 Å². The van der Waals surface area contributed by atoms with E-state index in [0.29, 0.717) is 42.1 Å². The molecule has 0 saturated carbocycles. The van der Waals surface area contributed by atoms with Gasteiger partial charge >= 0.3 is 0 Å². The van der Waals surface area contributed by atoms with Gasteiger partial charge in [-0.15, -0.1) is 0 Å². The van der Waals surface area contributed by atoms with Crippen molar-refractivity contribution in [3.05, 3.63) is 35.5 Å². The number of hydrogen-bond donors (Lipinski definition) is 0. The lowest BCUT2D eigenvalue weighted by Gasteiger charge is -2.32. The van der Waals surface area contributed by atoms with Crippen LogP contribution >= 0.6 is 0 Å². The molecule has 1 aliphatic rings. The first kappa shape index (κ1) is 14.6. The van der Waals surface area contributed by atoms with Crippen LogP contribution < -0.4 is 0 Å². The smallest absolute Gasteiger partial charge is 0.272 e. The van der Waals surface area contributed by atoms with Crippen molar-refractivity contribution >= 4 is 5.91 Å². The van der Waals surface area contributed by atoms with Crippen LogP contribution in [0.2, 0.25) is 0 Å². The summed E-state index contributed by atoms with van der Waals surface area (Å²) in [6.07, 6.45) is 4.38. The molecule has 3 heterocycles. The summed E-state index contributed by atoms with van der Waals surface area (Å²) in [5.74, 6) is 2.23. The summed E-state index contributed by atoms with van der Waals surface area (Å²) in [5, 5.41) is 3.81. The van der Waals surface area contributed by atoms with Gasteiger partial charge in [-0.2, -0.15) is 4.98 Å². The quantitative estimate of drug-likeness (QED) is 0.855. The fourth-order valence-electron chi connectivity index (χ4n) is 2.82. The van der Waals surface area contributed by atoms with Crippen molar-refractivity contribution < 1.29 is 9.32 Å². The Bertz CT molecular complexity index is 669. The molecule has 1 aliphatic heterocycles. The van der Waals surface area contributed by atoms with Crippen LogP contribution in [0.5, 0.6) is 0 Å². The normalized spacial score (nSPS) is 18.5. The van der Waals surface area contributed by atoms with Crippen molar-refractivity contribution in [2.75, 3.05) is 13.1 Å². The molecule has 1 atom stereocenters. The number of likely N-dealkylation sites (tertiary alicyclic amines) is 1. The number of rotatable bonds is 3. The van der Waals surface area contributed by atoms with E-state index in [4.69, 9.17) is 4.52 Å². The summed E-state index contributed by atoms with van der Waals surface area (Å²) in [4.78, 5) is 26.9. The van der Waals surface area contributed by atoms with Gasteiger partial charge in [0.25, 0.3) is 5.91 Å². The van der Waals surface area contributed by atoms with Crippen molar-refractivity contribution in [2.24, 2.45) is 5.92 Å². The Morgan fingerprint density at radius 2 is 2.23 bits per heavy atom. The van der Waals surface area contributed by atoms with Crippen LogP contribution in [0.15, 0.2) is 16.8 Å². The first-order valence-electron chi connectivity index (χ1n) is 7.50. The molecule has 7 nitrogen and oxygen atoms in total. The number of carbonyl (C=O) groups excluding carboxylic acids is 1. The highest BCUT2D eigenvalue weighted by molar-refractivity contribution is 5.92. The van der Waals surface area contributed by atoms with Crippen LogP contribution in [0.4, 0.5) is 0 Å². The van der Waals surface area contributed by atoms with Gasteiger partial charge in [0.1, 0.15) is 11.5 Å². The van der Waals surface area contributed by atoms with Crippen LogP contribution in [0.1, 0.15) is 40.9 Å². The highest BCUT2D eigenvalue weighted by Crippen LogP contribution is 2.21. The summed E-state index contributed by atoms with van der Waals surface area (Å²) in [7, 11) is 0. The molecule has 1 amide bonds. The SMILES string of the molecule is Cc1nccc(C(=O)N2CCCC(Cc3nc(C)no3)C2)n1. The molecule has 116 valence electrons. The zero-order chi connectivity index (χ0) is 15.5. The van der Waals surface area contributed by atoms with Gasteiger partial charge in [-0.1, -0.05) is 5.16 Å². The van der Waals surface area contributed by atoms with Crippen LogP contribution in [0, 0.1) is 19.8 Å². The molecule has 22 heavy (non-hydrogen) atoms. The number of nitrogens with zero attached hydrogens (tertiary/aromatic N) is 5. The standard InChI is InChI=1S/C15H19N5O2/c1-10-16-6-5-13(17-10)15(21)20-7-3-4-12(9-20)8-14-18-11(2)19-22-14/h5-6,12H,3-4,7-9H2,1-2H3. The highest BCUT2D eigenvalue weighted by atomic mass is 16.5. The predicted octanol–water partition coefficient (Wildman–Crippen LogP) is 1.57. The van der Waals surface area contributed by atoms with Crippen molar-refractivity contribution in [1.29, 1.82) is 0 Å². The van der Waals surface area contributed by atoms with Gasteiger partial charge in [-0.25, -0.2) is 9.97 Å². The van der Waals surface area contributed by atoms with E-state index in [0.717, 1.165) is 19.4 Å². The van der Waals surface area contributed by atoms with Gasteiger partial charge in [-0.3, -0.25) is 4.79 Å². The maximum Gasteiger partial charge on any atom is 0.272 e. The Kier molecular flexibility index (Phi) is 4.13. The largest absolute Gasteiger partial charge is 0.339 e. The van der Waals surface area contributed by atoms with Crippen molar-refractivity contribution in [2.45, 2.75) is 33.1 Å². The molecular formula is C15H19N5O2. The third kappa shape index (κ3) is 3.29. The van der Waals surface area contributed by atoms with Gasteiger partial charge in [-0.05, 0) is 38.7 Å². The number of aryl methyl sites for hydroxylation is 2. The molecule has 0 bridgehead atoms. The Morgan fingerprint density at radius 3 is 2.95 bits per heavy atom. The molecule has 2 aromatic rings. The van der Waals surface area contributed by atoms with E-state index in [9.17, 15) is 4.79 Å². The molecule has 0 N–H and O–H groups in total. The molecular weight excluding hydrogens is 282 g/mol. The van der Waals surface area contributed by atoms with E-state index in [2.05, 4.69) is 20.1 Å². The second-order valence-electron chi connectivity index (χ2n) is 5.69.